The van der Waals surface area contributed by atoms with Gasteiger partial charge in [-0.05, 0) is 12.8 Å². The van der Waals surface area contributed by atoms with Crippen LogP contribution in [0.4, 0.5) is 5.95 Å². The Morgan fingerprint density at radius 3 is 2.30 bits per heavy atom. The number of imide groups is 1. The first-order valence-electron chi connectivity index (χ1n) is 6.95. The number of aromatic nitrogens is 3. The van der Waals surface area contributed by atoms with Gasteiger partial charge in [0.25, 0.3) is 0 Å². The topological polar surface area (TPSA) is 88.1 Å². The van der Waals surface area contributed by atoms with Gasteiger partial charge in [-0.2, -0.15) is 5.10 Å². The Kier molecular flexibility index (Phi) is 4.60. The van der Waals surface area contributed by atoms with E-state index in [0.717, 1.165) is 24.2 Å². The Bertz CT molecular complexity index is 501. The molecule has 0 atom stereocenters. The summed E-state index contributed by atoms with van der Waals surface area (Å²) < 4.78 is 0. The molecule has 2 rings (SSSR count). The maximum atomic E-state index is 11.4. The van der Waals surface area contributed by atoms with Crippen molar-refractivity contribution in [1.82, 2.24) is 20.1 Å². The predicted octanol–water partition coefficient (Wildman–Crippen LogP) is 0.557. The Morgan fingerprint density at radius 2 is 1.70 bits per heavy atom. The van der Waals surface area contributed by atoms with E-state index in [9.17, 15) is 9.59 Å². The molecule has 1 N–H and O–H groups in total. The fraction of sp³-hybridized carbons (Fsp3) is 0.615. The van der Waals surface area contributed by atoms with Crippen molar-refractivity contribution >= 4 is 17.8 Å². The highest BCUT2D eigenvalue weighted by Crippen LogP contribution is 2.11. The molecular weight excluding hydrogens is 258 g/mol. The Hall–Kier alpha value is -2.05. The van der Waals surface area contributed by atoms with E-state index in [1.165, 1.54) is 4.90 Å². The molecule has 0 unspecified atom stereocenters. The smallest absolute Gasteiger partial charge is 0.243 e. The lowest BCUT2D eigenvalue weighted by atomic mass is 10.2. The maximum absolute atomic E-state index is 11.4. The van der Waals surface area contributed by atoms with Crippen molar-refractivity contribution in [2.45, 2.75) is 39.5 Å². The first-order chi connectivity index (χ1) is 9.65. The van der Waals surface area contributed by atoms with Crippen LogP contribution in [-0.2, 0) is 22.4 Å². The number of nitrogens with one attached hydrogen (secondary N) is 1. The van der Waals surface area contributed by atoms with E-state index in [4.69, 9.17) is 0 Å². The normalized spacial score (nSPS) is 15.0. The van der Waals surface area contributed by atoms with Crippen LogP contribution in [-0.4, -0.2) is 45.0 Å². The number of carbonyl (C=O) groups excluding carboxylic acids is 2. The van der Waals surface area contributed by atoms with Gasteiger partial charge in [0.05, 0.1) is 11.4 Å². The minimum absolute atomic E-state index is 0.105. The second-order valence-corrected chi connectivity index (χ2v) is 4.60. The highest BCUT2D eigenvalue weighted by atomic mass is 16.2. The van der Waals surface area contributed by atoms with Crippen LogP contribution in [0.15, 0.2) is 0 Å². The van der Waals surface area contributed by atoms with Gasteiger partial charge < -0.3 is 5.32 Å². The van der Waals surface area contributed by atoms with E-state index in [1.807, 2.05) is 13.8 Å². The van der Waals surface area contributed by atoms with Gasteiger partial charge in [-0.1, -0.05) is 13.8 Å². The summed E-state index contributed by atoms with van der Waals surface area (Å²) in [6.07, 6.45) is 2.25. The summed E-state index contributed by atoms with van der Waals surface area (Å²) in [6, 6.07) is 0. The van der Waals surface area contributed by atoms with Gasteiger partial charge in [-0.3, -0.25) is 14.5 Å². The summed E-state index contributed by atoms with van der Waals surface area (Å²) in [7, 11) is 0. The lowest BCUT2D eigenvalue weighted by Gasteiger charge is -2.14. The van der Waals surface area contributed by atoms with E-state index in [2.05, 4.69) is 20.5 Å². The van der Waals surface area contributed by atoms with Crippen LogP contribution in [0.2, 0.25) is 0 Å². The fourth-order valence-corrected chi connectivity index (χ4v) is 2.16. The Balaban J connectivity index is 1.91. The Labute approximate surface area is 117 Å². The van der Waals surface area contributed by atoms with Gasteiger partial charge >= 0.3 is 0 Å². The maximum Gasteiger partial charge on any atom is 0.243 e. The lowest BCUT2D eigenvalue weighted by molar-refractivity contribution is -0.138. The Morgan fingerprint density at radius 1 is 1.05 bits per heavy atom. The van der Waals surface area contributed by atoms with Crippen molar-refractivity contribution in [3.05, 3.63) is 11.4 Å². The van der Waals surface area contributed by atoms with Gasteiger partial charge in [-0.15, -0.1) is 5.10 Å². The third-order valence-electron chi connectivity index (χ3n) is 3.28. The minimum Gasteiger partial charge on any atom is -0.351 e. The zero-order chi connectivity index (χ0) is 14.5. The van der Waals surface area contributed by atoms with E-state index < -0.39 is 0 Å². The van der Waals surface area contributed by atoms with Crippen LogP contribution in [0.1, 0.15) is 38.1 Å². The molecule has 7 heteroatoms. The summed E-state index contributed by atoms with van der Waals surface area (Å²) in [5.74, 6) is 0.232. The number of aryl methyl sites for hydroxylation is 2. The monoisotopic (exact) mass is 277 g/mol. The number of anilines is 1. The zero-order valence-corrected chi connectivity index (χ0v) is 11.8. The molecule has 1 fully saturated rings. The van der Waals surface area contributed by atoms with Crippen LogP contribution >= 0.6 is 0 Å². The van der Waals surface area contributed by atoms with Crippen molar-refractivity contribution in [3.8, 4) is 0 Å². The third-order valence-corrected chi connectivity index (χ3v) is 3.28. The number of likely N-dealkylation sites (tertiary alicyclic amines) is 1. The van der Waals surface area contributed by atoms with Gasteiger partial charge in [0.1, 0.15) is 0 Å². The highest BCUT2D eigenvalue weighted by molar-refractivity contribution is 6.01. The fourth-order valence-electron chi connectivity index (χ4n) is 2.16. The summed E-state index contributed by atoms with van der Waals surface area (Å²) in [5.41, 5.74) is 1.83. The molecule has 20 heavy (non-hydrogen) atoms. The molecule has 0 saturated carbocycles. The summed E-state index contributed by atoms with van der Waals surface area (Å²) in [5, 5.41) is 11.1. The molecular formula is C13H19N5O2. The number of hydrogen-bond acceptors (Lipinski definition) is 6. The molecule has 7 nitrogen and oxygen atoms in total. The summed E-state index contributed by atoms with van der Waals surface area (Å²) in [4.78, 5) is 28.6. The molecule has 0 radical (unpaired) electrons. The van der Waals surface area contributed by atoms with Crippen LogP contribution in [0.25, 0.3) is 0 Å². The molecule has 1 aliphatic rings. The molecule has 1 aliphatic heterocycles. The molecule has 2 heterocycles. The third kappa shape index (κ3) is 3.09. The summed E-state index contributed by atoms with van der Waals surface area (Å²) >= 11 is 0. The van der Waals surface area contributed by atoms with Crippen LogP contribution < -0.4 is 5.32 Å². The molecule has 1 aromatic rings. The van der Waals surface area contributed by atoms with Crippen LogP contribution in [0, 0.1) is 0 Å². The number of rotatable bonds is 6. The SMILES string of the molecule is CCc1nnc(NCCN2C(=O)CCC2=O)nc1CC. The molecule has 0 spiro atoms. The van der Waals surface area contributed by atoms with Crippen molar-refractivity contribution in [1.29, 1.82) is 0 Å². The molecule has 0 bridgehead atoms. The number of nitrogens with zero attached hydrogens (tertiary/aromatic N) is 4. The lowest BCUT2D eigenvalue weighted by Crippen LogP contribution is -2.33. The highest BCUT2D eigenvalue weighted by Gasteiger charge is 2.28. The van der Waals surface area contributed by atoms with Gasteiger partial charge in [-0.25, -0.2) is 4.98 Å². The molecule has 1 aromatic heterocycles. The van der Waals surface area contributed by atoms with Gasteiger partial charge in [0, 0.05) is 25.9 Å². The second-order valence-electron chi connectivity index (χ2n) is 4.60. The van der Waals surface area contributed by atoms with E-state index >= 15 is 0 Å². The van der Waals surface area contributed by atoms with Gasteiger partial charge in [0.2, 0.25) is 17.8 Å². The van der Waals surface area contributed by atoms with E-state index in [1.54, 1.807) is 0 Å². The standard InChI is InChI=1S/C13H19N5O2/c1-3-9-10(4-2)16-17-13(15-9)14-7-8-18-11(19)5-6-12(18)20/h3-8H2,1-2H3,(H,14,15,17). The van der Waals surface area contributed by atoms with E-state index in [-0.39, 0.29) is 11.8 Å². The molecule has 2 amide bonds. The average Bonchev–Trinajstić information content (AvgIpc) is 2.78. The van der Waals surface area contributed by atoms with Crippen molar-refractivity contribution in [2.75, 3.05) is 18.4 Å². The predicted molar refractivity (Wildman–Crippen MR) is 73.0 cm³/mol. The summed E-state index contributed by atoms with van der Waals surface area (Å²) in [6.45, 7) is 4.82. The van der Waals surface area contributed by atoms with Gasteiger partial charge in [0.15, 0.2) is 0 Å². The first-order valence-corrected chi connectivity index (χ1v) is 6.95. The second kappa shape index (κ2) is 6.40. The number of amides is 2. The minimum atomic E-state index is -0.105. The van der Waals surface area contributed by atoms with Crippen LogP contribution in [0.5, 0.6) is 0 Å². The average molecular weight is 277 g/mol. The quantitative estimate of drug-likeness (QED) is 0.764. The van der Waals surface area contributed by atoms with Crippen molar-refractivity contribution in [3.63, 3.8) is 0 Å². The zero-order valence-electron chi connectivity index (χ0n) is 11.8. The largest absolute Gasteiger partial charge is 0.351 e. The molecule has 0 aliphatic carbocycles. The van der Waals surface area contributed by atoms with Crippen molar-refractivity contribution in [2.24, 2.45) is 0 Å². The number of carbonyl (C=O) groups is 2. The van der Waals surface area contributed by atoms with Crippen molar-refractivity contribution < 1.29 is 9.59 Å². The van der Waals surface area contributed by atoms with Crippen LogP contribution in [0.3, 0.4) is 0 Å². The molecule has 0 aromatic carbocycles. The van der Waals surface area contributed by atoms with E-state index in [0.29, 0.717) is 31.9 Å². The molecule has 108 valence electrons. The number of hydrogen-bond donors (Lipinski definition) is 1. The first kappa shape index (κ1) is 14.4. The molecule has 1 saturated heterocycles.